The molecule has 0 bridgehead atoms. The third kappa shape index (κ3) is 4.88. The lowest BCUT2D eigenvalue weighted by molar-refractivity contribution is -0.116. The molecular formula is C27H33N5O3. The molecule has 1 fully saturated rings. The van der Waals surface area contributed by atoms with Crippen LogP contribution >= 0.6 is 0 Å². The lowest BCUT2D eigenvalue weighted by Gasteiger charge is -2.18. The fourth-order valence-electron chi connectivity index (χ4n) is 4.74. The molecule has 1 aliphatic carbocycles. The van der Waals surface area contributed by atoms with Crippen molar-refractivity contribution in [3.8, 4) is 16.9 Å². The number of nitrogens with zero attached hydrogens (tertiary/aromatic N) is 1. The van der Waals surface area contributed by atoms with Crippen LogP contribution in [0, 0.1) is 6.92 Å². The minimum atomic E-state index is -0.230. The maximum Gasteiger partial charge on any atom is 0.253 e. The number of aryl methyl sites for hydroxylation is 1. The van der Waals surface area contributed by atoms with Crippen molar-refractivity contribution in [3.63, 3.8) is 0 Å². The molecule has 35 heavy (non-hydrogen) atoms. The van der Waals surface area contributed by atoms with Crippen LogP contribution in [0.1, 0.15) is 42.0 Å². The summed E-state index contributed by atoms with van der Waals surface area (Å²) in [5.74, 6) is -0.363. The van der Waals surface area contributed by atoms with Gasteiger partial charge >= 0.3 is 0 Å². The molecule has 6 N–H and O–H groups in total. The average Bonchev–Trinajstić information content (AvgIpc) is 3.32. The predicted molar refractivity (Wildman–Crippen MR) is 138 cm³/mol. The number of aromatic amines is 1. The number of hydrogen-bond acceptors (Lipinski definition) is 5. The third-order valence-electron chi connectivity index (χ3n) is 6.66. The Bertz CT molecular complexity index is 1230. The summed E-state index contributed by atoms with van der Waals surface area (Å²) in [5, 5.41) is 16.7. The molecule has 1 aromatic carbocycles. The molecular weight excluding hydrogens is 442 g/mol. The van der Waals surface area contributed by atoms with Crippen molar-refractivity contribution in [2.24, 2.45) is 5.73 Å². The lowest BCUT2D eigenvalue weighted by atomic mass is 9.93. The highest BCUT2D eigenvalue weighted by Crippen LogP contribution is 2.38. The number of likely N-dealkylation sites (N-methyl/N-ethyl adjacent to an activating group) is 1. The quantitative estimate of drug-likeness (QED) is 0.376. The Hall–Kier alpha value is -3.78. The number of aromatic hydroxyl groups is 1. The summed E-state index contributed by atoms with van der Waals surface area (Å²) in [6.07, 6.45) is 6.09. The van der Waals surface area contributed by atoms with Gasteiger partial charge in [-0.2, -0.15) is 0 Å². The Morgan fingerprint density at radius 1 is 1.29 bits per heavy atom. The molecule has 4 rings (SSSR count). The van der Waals surface area contributed by atoms with Crippen molar-refractivity contribution in [2.45, 2.75) is 33.2 Å². The molecule has 2 heterocycles. The lowest BCUT2D eigenvalue weighted by Crippen LogP contribution is -2.35. The molecule has 1 atom stereocenters. The monoisotopic (exact) mass is 475 g/mol. The van der Waals surface area contributed by atoms with Gasteiger partial charge in [-0.3, -0.25) is 9.59 Å². The highest BCUT2D eigenvalue weighted by molar-refractivity contribution is 6.09. The van der Waals surface area contributed by atoms with E-state index in [1.807, 2.05) is 25.1 Å². The molecule has 0 saturated carbocycles. The van der Waals surface area contributed by atoms with Crippen molar-refractivity contribution in [1.82, 2.24) is 20.5 Å². The number of allylic oxidation sites excluding steroid dienone is 1. The summed E-state index contributed by atoms with van der Waals surface area (Å²) < 4.78 is 0. The van der Waals surface area contributed by atoms with Crippen molar-refractivity contribution in [3.05, 3.63) is 70.2 Å². The van der Waals surface area contributed by atoms with Gasteiger partial charge < -0.3 is 31.4 Å². The number of rotatable bonds is 8. The summed E-state index contributed by atoms with van der Waals surface area (Å²) in [4.78, 5) is 31.7. The first-order valence-electron chi connectivity index (χ1n) is 12.1. The van der Waals surface area contributed by atoms with E-state index in [-0.39, 0.29) is 23.6 Å². The van der Waals surface area contributed by atoms with Crippen LogP contribution in [0.4, 0.5) is 0 Å². The number of benzene rings is 1. The van der Waals surface area contributed by atoms with E-state index >= 15 is 0 Å². The van der Waals surface area contributed by atoms with Crippen molar-refractivity contribution >= 4 is 17.9 Å². The number of phenols is 1. The van der Waals surface area contributed by atoms with E-state index in [2.05, 4.69) is 34.4 Å². The first kappa shape index (κ1) is 24.3. The van der Waals surface area contributed by atoms with E-state index in [9.17, 15) is 14.7 Å². The van der Waals surface area contributed by atoms with Gasteiger partial charge in [0, 0.05) is 46.9 Å². The van der Waals surface area contributed by atoms with Crippen LogP contribution in [0.2, 0.25) is 0 Å². The van der Waals surface area contributed by atoms with E-state index in [4.69, 9.17) is 5.73 Å². The first-order valence-corrected chi connectivity index (χ1v) is 12.1. The summed E-state index contributed by atoms with van der Waals surface area (Å²) in [7, 11) is 0. The van der Waals surface area contributed by atoms with Crippen molar-refractivity contribution < 1.29 is 14.7 Å². The number of fused-ring (bicyclic) bond motifs is 1. The summed E-state index contributed by atoms with van der Waals surface area (Å²) in [6.45, 7) is 9.08. The van der Waals surface area contributed by atoms with Gasteiger partial charge in [0.15, 0.2) is 0 Å². The fraction of sp³-hybridized carbons (Fsp3) is 0.333. The zero-order chi connectivity index (χ0) is 25.1. The Balaban J connectivity index is 1.77. The van der Waals surface area contributed by atoms with Crippen molar-refractivity contribution in [1.29, 1.82) is 0 Å². The first-order chi connectivity index (χ1) is 16.8. The third-order valence-corrected chi connectivity index (χ3v) is 6.66. The van der Waals surface area contributed by atoms with E-state index in [0.717, 1.165) is 25.2 Å². The van der Waals surface area contributed by atoms with Crippen LogP contribution in [0.25, 0.3) is 17.2 Å². The molecule has 1 aliphatic heterocycles. The van der Waals surface area contributed by atoms with Crippen molar-refractivity contribution in [2.75, 3.05) is 26.2 Å². The topological polar surface area (TPSA) is 123 Å². The molecule has 0 radical (unpaired) electrons. The molecule has 2 aliphatic rings. The van der Waals surface area contributed by atoms with Gasteiger partial charge in [0.25, 0.3) is 11.8 Å². The van der Waals surface area contributed by atoms with Crippen LogP contribution < -0.4 is 16.4 Å². The van der Waals surface area contributed by atoms with Gasteiger partial charge in [0.2, 0.25) is 0 Å². The van der Waals surface area contributed by atoms with E-state index in [1.54, 1.807) is 24.3 Å². The number of H-pyrrole nitrogens is 1. The van der Waals surface area contributed by atoms with Crippen LogP contribution in [-0.4, -0.2) is 59.0 Å². The van der Waals surface area contributed by atoms with Gasteiger partial charge in [-0.05, 0) is 50.2 Å². The van der Waals surface area contributed by atoms with Gasteiger partial charge in [-0.15, -0.1) is 0 Å². The van der Waals surface area contributed by atoms with Gasteiger partial charge in [0.05, 0.1) is 11.6 Å². The van der Waals surface area contributed by atoms with E-state index in [0.29, 0.717) is 52.3 Å². The second kappa shape index (κ2) is 10.2. The van der Waals surface area contributed by atoms with Gasteiger partial charge in [0.1, 0.15) is 5.75 Å². The molecule has 8 heteroatoms. The van der Waals surface area contributed by atoms with E-state index < -0.39 is 0 Å². The summed E-state index contributed by atoms with van der Waals surface area (Å²) in [6, 6.07) is 6.78. The Kier molecular flexibility index (Phi) is 7.12. The molecule has 8 nitrogen and oxygen atoms in total. The Morgan fingerprint density at radius 2 is 2.03 bits per heavy atom. The standard InChI is InChI=1S/C27H33N5O3/c1-4-32(5-2)13-12-29-27(35)24-16(3)30-22(25(24)18-8-6-7-9-23(18)33)15-20-19-14-17(28)10-11-21(19)31-26(20)34/h6-10,14-15,21,30,33H,4-5,11-13,28H2,1-3H3,(H,29,35)(H,31,34)/b20-15-. The second-order valence-electron chi connectivity index (χ2n) is 8.84. The number of amides is 2. The predicted octanol–water partition coefficient (Wildman–Crippen LogP) is 2.82. The largest absolute Gasteiger partial charge is 0.507 e. The zero-order valence-corrected chi connectivity index (χ0v) is 20.4. The van der Waals surface area contributed by atoms with Gasteiger partial charge in [-0.1, -0.05) is 38.1 Å². The highest BCUT2D eigenvalue weighted by Gasteiger charge is 2.34. The second-order valence-corrected chi connectivity index (χ2v) is 8.84. The van der Waals surface area contributed by atoms with Crippen LogP contribution in [0.5, 0.6) is 5.75 Å². The SMILES string of the molecule is CCN(CC)CCNC(=O)c1c(C)[nH]c(/C=C2\C(=O)NC3CC=C(N)C=C23)c1-c1ccccc1O. The molecule has 1 saturated heterocycles. The number of hydrogen-bond donors (Lipinski definition) is 5. The minimum absolute atomic E-state index is 0.0566. The molecule has 2 amide bonds. The maximum absolute atomic E-state index is 13.3. The zero-order valence-electron chi connectivity index (χ0n) is 20.4. The number of nitrogens with one attached hydrogen (secondary N) is 3. The number of carbonyl (C=O) groups is 2. The Labute approximate surface area is 205 Å². The molecule has 2 aromatic rings. The molecule has 0 spiro atoms. The van der Waals surface area contributed by atoms with Crippen LogP contribution in [-0.2, 0) is 4.79 Å². The van der Waals surface area contributed by atoms with Crippen LogP contribution in [0.3, 0.4) is 0 Å². The van der Waals surface area contributed by atoms with Gasteiger partial charge in [-0.25, -0.2) is 0 Å². The number of para-hydroxylation sites is 1. The highest BCUT2D eigenvalue weighted by atomic mass is 16.3. The summed E-state index contributed by atoms with van der Waals surface area (Å²) in [5.41, 5.74) is 10.7. The molecule has 1 aromatic heterocycles. The average molecular weight is 476 g/mol. The molecule has 1 unspecified atom stereocenters. The summed E-state index contributed by atoms with van der Waals surface area (Å²) >= 11 is 0. The molecule has 184 valence electrons. The van der Waals surface area contributed by atoms with Crippen LogP contribution in [0.15, 0.2) is 53.3 Å². The number of carbonyl (C=O) groups excluding carboxylic acids is 2. The Morgan fingerprint density at radius 3 is 2.74 bits per heavy atom. The number of nitrogens with two attached hydrogens (primary N) is 1. The maximum atomic E-state index is 13.3. The fourth-order valence-corrected chi connectivity index (χ4v) is 4.74. The normalized spacial score (nSPS) is 18.3. The van der Waals surface area contributed by atoms with E-state index in [1.165, 1.54) is 0 Å². The number of aromatic nitrogens is 1. The minimum Gasteiger partial charge on any atom is -0.507 e. The number of phenolic OH excluding ortho intramolecular Hbond substituents is 1. The smallest absolute Gasteiger partial charge is 0.253 e.